The van der Waals surface area contributed by atoms with Crippen LogP contribution in [0.25, 0.3) is 0 Å². The van der Waals surface area contributed by atoms with Crippen LogP contribution in [0, 0.1) is 6.92 Å². The average molecular weight is 260 g/mol. The summed E-state index contributed by atoms with van der Waals surface area (Å²) in [5.41, 5.74) is 2.41. The molecule has 0 aliphatic rings. The minimum absolute atomic E-state index is 0.301. The van der Waals surface area contributed by atoms with Crippen molar-refractivity contribution in [3.8, 4) is 0 Å². The third kappa shape index (κ3) is 2.98. The Kier molecular flexibility index (Phi) is 4.50. The van der Waals surface area contributed by atoms with Gasteiger partial charge < -0.3 is 5.32 Å². The van der Waals surface area contributed by atoms with E-state index in [-0.39, 0.29) is 0 Å². The standard InChI is InChI=1S/C15H20N2S/c1-4-12-7-8-13(18-12)10-14(16-3)15-11(2)6-5-9-17-15/h5-9,14,16H,4,10H2,1-3H3. The van der Waals surface area contributed by atoms with Crippen LogP contribution in [-0.2, 0) is 12.8 Å². The molecule has 96 valence electrons. The summed E-state index contributed by atoms with van der Waals surface area (Å²) in [5.74, 6) is 0. The van der Waals surface area contributed by atoms with E-state index in [0.717, 1.165) is 18.5 Å². The van der Waals surface area contributed by atoms with E-state index < -0.39 is 0 Å². The number of rotatable bonds is 5. The lowest BCUT2D eigenvalue weighted by atomic mass is 10.0. The van der Waals surface area contributed by atoms with E-state index in [1.165, 1.54) is 15.3 Å². The second-order valence-electron chi connectivity index (χ2n) is 4.47. The van der Waals surface area contributed by atoms with Crippen molar-refractivity contribution in [3.63, 3.8) is 0 Å². The van der Waals surface area contributed by atoms with Crippen molar-refractivity contribution in [1.82, 2.24) is 10.3 Å². The smallest absolute Gasteiger partial charge is 0.0605 e. The van der Waals surface area contributed by atoms with E-state index in [0.29, 0.717) is 6.04 Å². The Morgan fingerprint density at radius 2 is 2.06 bits per heavy atom. The molecule has 0 bridgehead atoms. The Bertz CT molecular complexity index is 505. The number of likely N-dealkylation sites (N-methyl/N-ethyl adjacent to an activating group) is 1. The summed E-state index contributed by atoms with van der Waals surface area (Å²) in [7, 11) is 2.01. The molecule has 0 aliphatic carbocycles. The van der Waals surface area contributed by atoms with E-state index in [4.69, 9.17) is 0 Å². The van der Waals surface area contributed by atoms with Gasteiger partial charge in [-0.05, 0) is 44.2 Å². The molecule has 0 saturated carbocycles. The van der Waals surface area contributed by atoms with Gasteiger partial charge in [0.2, 0.25) is 0 Å². The van der Waals surface area contributed by atoms with Gasteiger partial charge >= 0.3 is 0 Å². The van der Waals surface area contributed by atoms with Crippen molar-refractivity contribution in [2.75, 3.05) is 7.05 Å². The Labute approximate surface area is 113 Å². The number of thiophene rings is 1. The van der Waals surface area contributed by atoms with Crippen molar-refractivity contribution >= 4 is 11.3 Å². The second-order valence-corrected chi connectivity index (χ2v) is 5.73. The van der Waals surface area contributed by atoms with Crippen LogP contribution in [-0.4, -0.2) is 12.0 Å². The zero-order valence-corrected chi connectivity index (χ0v) is 12.1. The molecule has 0 amide bonds. The van der Waals surface area contributed by atoms with E-state index in [1.807, 2.05) is 30.6 Å². The molecule has 1 unspecified atom stereocenters. The monoisotopic (exact) mass is 260 g/mol. The molecule has 3 heteroatoms. The number of aryl methyl sites for hydroxylation is 2. The van der Waals surface area contributed by atoms with Crippen molar-refractivity contribution in [2.45, 2.75) is 32.7 Å². The molecule has 18 heavy (non-hydrogen) atoms. The molecule has 2 aromatic heterocycles. The summed E-state index contributed by atoms with van der Waals surface area (Å²) in [5, 5.41) is 3.38. The van der Waals surface area contributed by atoms with Crippen LogP contribution in [0.5, 0.6) is 0 Å². The third-order valence-corrected chi connectivity index (χ3v) is 4.45. The number of nitrogens with zero attached hydrogens (tertiary/aromatic N) is 1. The summed E-state index contributed by atoms with van der Waals surface area (Å²) in [6.45, 7) is 4.33. The molecule has 1 N–H and O–H groups in total. The first-order valence-corrected chi connectivity index (χ1v) is 7.22. The molecule has 0 aromatic carbocycles. The fraction of sp³-hybridized carbons (Fsp3) is 0.400. The van der Waals surface area contributed by atoms with Gasteiger partial charge in [0.25, 0.3) is 0 Å². The number of hydrogen-bond donors (Lipinski definition) is 1. The van der Waals surface area contributed by atoms with Crippen LogP contribution in [0.3, 0.4) is 0 Å². The molecule has 0 aliphatic heterocycles. The third-order valence-electron chi connectivity index (χ3n) is 3.20. The summed E-state index contributed by atoms with van der Waals surface area (Å²) in [4.78, 5) is 7.40. The average Bonchev–Trinajstić information content (AvgIpc) is 2.85. The quantitative estimate of drug-likeness (QED) is 0.889. The normalized spacial score (nSPS) is 12.6. The van der Waals surface area contributed by atoms with Gasteiger partial charge in [-0.2, -0.15) is 0 Å². The minimum Gasteiger partial charge on any atom is -0.311 e. The van der Waals surface area contributed by atoms with Crippen molar-refractivity contribution in [3.05, 3.63) is 51.5 Å². The second kappa shape index (κ2) is 6.12. The van der Waals surface area contributed by atoms with Crippen LogP contribution in [0.2, 0.25) is 0 Å². The van der Waals surface area contributed by atoms with Gasteiger partial charge in [-0.15, -0.1) is 11.3 Å². The van der Waals surface area contributed by atoms with Gasteiger partial charge in [0.1, 0.15) is 0 Å². The first-order valence-electron chi connectivity index (χ1n) is 6.41. The van der Waals surface area contributed by atoms with Gasteiger partial charge in [0.15, 0.2) is 0 Å². The highest BCUT2D eigenvalue weighted by atomic mass is 32.1. The Balaban J connectivity index is 2.17. The van der Waals surface area contributed by atoms with Gasteiger partial charge in [0, 0.05) is 22.4 Å². The van der Waals surface area contributed by atoms with Crippen molar-refractivity contribution in [2.24, 2.45) is 0 Å². The maximum Gasteiger partial charge on any atom is 0.0605 e. The molecule has 0 fully saturated rings. The fourth-order valence-electron chi connectivity index (χ4n) is 2.12. The molecule has 2 nitrogen and oxygen atoms in total. The largest absolute Gasteiger partial charge is 0.311 e. The molecular formula is C15H20N2S. The van der Waals surface area contributed by atoms with E-state index in [9.17, 15) is 0 Å². The van der Waals surface area contributed by atoms with Crippen LogP contribution in [0.1, 0.15) is 34.0 Å². The van der Waals surface area contributed by atoms with Crippen molar-refractivity contribution in [1.29, 1.82) is 0 Å². The zero-order chi connectivity index (χ0) is 13.0. The van der Waals surface area contributed by atoms with Crippen LogP contribution in [0.4, 0.5) is 0 Å². The Morgan fingerprint density at radius 1 is 1.28 bits per heavy atom. The molecule has 0 spiro atoms. The highest BCUT2D eigenvalue weighted by Gasteiger charge is 2.14. The number of hydrogen-bond acceptors (Lipinski definition) is 3. The van der Waals surface area contributed by atoms with E-state index in [1.54, 1.807) is 0 Å². The molecule has 0 saturated heterocycles. The van der Waals surface area contributed by atoms with Gasteiger partial charge in [-0.25, -0.2) is 0 Å². The van der Waals surface area contributed by atoms with Crippen LogP contribution in [0.15, 0.2) is 30.5 Å². The SMILES string of the molecule is CCc1ccc(CC(NC)c2ncccc2C)s1. The number of pyridine rings is 1. The molecule has 0 radical (unpaired) electrons. The number of nitrogens with one attached hydrogen (secondary N) is 1. The summed E-state index contributed by atoms with van der Waals surface area (Å²) in [6.07, 6.45) is 4.01. The predicted octanol–water partition coefficient (Wildman–Crippen LogP) is 3.52. The first-order chi connectivity index (χ1) is 8.74. The zero-order valence-electron chi connectivity index (χ0n) is 11.2. The maximum absolute atomic E-state index is 4.51. The summed E-state index contributed by atoms with van der Waals surface area (Å²) < 4.78 is 0. The molecular weight excluding hydrogens is 240 g/mol. The highest BCUT2D eigenvalue weighted by molar-refractivity contribution is 7.11. The molecule has 2 rings (SSSR count). The van der Waals surface area contributed by atoms with Gasteiger partial charge in [-0.3, -0.25) is 4.98 Å². The Hall–Kier alpha value is -1.19. The minimum atomic E-state index is 0.301. The van der Waals surface area contributed by atoms with E-state index in [2.05, 4.69) is 42.3 Å². The van der Waals surface area contributed by atoms with Crippen LogP contribution < -0.4 is 5.32 Å². The predicted molar refractivity (Wildman–Crippen MR) is 78.2 cm³/mol. The van der Waals surface area contributed by atoms with Gasteiger partial charge in [0.05, 0.1) is 11.7 Å². The molecule has 2 aromatic rings. The summed E-state index contributed by atoms with van der Waals surface area (Å²) >= 11 is 1.91. The lowest BCUT2D eigenvalue weighted by molar-refractivity contribution is 0.576. The maximum atomic E-state index is 4.51. The summed E-state index contributed by atoms with van der Waals surface area (Å²) in [6, 6.07) is 8.89. The topological polar surface area (TPSA) is 24.9 Å². The molecule has 1 atom stereocenters. The van der Waals surface area contributed by atoms with Gasteiger partial charge in [-0.1, -0.05) is 13.0 Å². The highest BCUT2D eigenvalue weighted by Crippen LogP contribution is 2.24. The van der Waals surface area contributed by atoms with E-state index >= 15 is 0 Å². The van der Waals surface area contributed by atoms with Crippen LogP contribution >= 0.6 is 11.3 Å². The Morgan fingerprint density at radius 3 is 2.67 bits per heavy atom. The van der Waals surface area contributed by atoms with Crippen molar-refractivity contribution < 1.29 is 0 Å². The molecule has 2 heterocycles. The lowest BCUT2D eigenvalue weighted by Gasteiger charge is -2.16. The first kappa shape index (κ1) is 13.2. The fourth-order valence-corrected chi connectivity index (χ4v) is 3.12. The lowest BCUT2D eigenvalue weighted by Crippen LogP contribution is -2.20. The number of aromatic nitrogens is 1.